The molecule has 0 atom stereocenters. The number of nitro groups is 1. The fourth-order valence-electron chi connectivity index (χ4n) is 2.31. The van der Waals surface area contributed by atoms with Crippen LogP contribution < -0.4 is 5.32 Å². The highest BCUT2D eigenvalue weighted by Crippen LogP contribution is 2.26. The summed E-state index contributed by atoms with van der Waals surface area (Å²) in [5.41, 5.74) is -0.432. The first-order chi connectivity index (χ1) is 13.9. The number of halogens is 1. The lowest BCUT2D eigenvalue weighted by Gasteiger charge is -2.08. The van der Waals surface area contributed by atoms with Crippen LogP contribution in [0.2, 0.25) is 0 Å². The number of benzene rings is 1. The fraction of sp³-hybridized carbons (Fsp3) is 0.0526. The zero-order chi connectivity index (χ0) is 20.8. The van der Waals surface area contributed by atoms with Gasteiger partial charge in [-0.1, -0.05) is 12.1 Å². The van der Waals surface area contributed by atoms with Gasteiger partial charge in [0.15, 0.2) is 6.61 Å². The standard InChI is InChI=1S/C19H13FN2O5S2/c20-15-6-5-12(9-16(15)22(25)26)21-18(23)11-27-19(24)14(17-4-2-8-29-17)10-13-3-1-7-28-13/h1-10H,11H2,(H,21,23)/b14-10+. The van der Waals surface area contributed by atoms with Gasteiger partial charge in [0.05, 0.1) is 10.5 Å². The van der Waals surface area contributed by atoms with Gasteiger partial charge >= 0.3 is 11.7 Å². The van der Waals surface area contributed by atoms with Crippen molar-refractivity contribution in [3.63, 3.8) is 0 Å². The molecule has 0 unspecified atom stereocenters. The molecule has 1 N–H and O–H groups in total. The van der Waals surface area contributed by atoms with E-state index in [-0.39, 0.29) is 5.69 Å². The molecule has 0 radical (unpaired) electrons. The average molecular weight is 432 g/mol. The Morgan fingerprint density at radius 2 is 1.93 bits per heavy atom. The van der Waals surface area contributed by atoms with Gasteiger partial charge in [-0.2, -0.15) is 4.39 Å². The predicted molar refractivity (Wildman–Crippen MR) is 109 cm³/mol. The van der Waals surface area contributed by atoms with Crippen molar-refractivity contribution in [2.75, 3.05) is 11.9 Å². The van der Waals surface area contributed by atoms with Crippen LogP contribution in [0.5, 0.6) is 0 Å². The highest BCUT2D eigenvalue weighted by atomic mass is 32.1. The van der Waals surface area contributed by atoms with Crippen LogP contribution in [0.4, 0.5) is 15.8 Å². The third kappa shape index (κ3) is 5.33. The van der Waals surface area contributed by atoms with Gasteiger partial charge in [0, 0.05) is 21.5 Å². The molecule has 7 nitrogen and oxygen atoms in total. The van der Waals surface area contributed by atoms with Gasteiger partial charge in [-0.25, -0.2) is 4.79 Å². The van der Waals surface area contributed by atoms with Crippen molar-refractivity contribution in [1.29, 1.82) is 0 Å². The Balaban J connectivity index is 1.66. The molecule has 3 aromatic rings. The molecule has 10 heteroatoms. The van der Waals surface area contributed by atoms with Crippen LogP contribution in [0, 0.1) is 15.9 Å². The second kappa shape index (κ2) is 9.22. The quantitative estimate of drug-likeness (QED) is 0.255. The van der Waals surface area contributed by atoms with Crippen molar-refractivity contribution in [1.82, 2.24) is 0 Å². The molecule has 2 aromatic heterocycles. The van der Waals surface area contributed by atoms with Gasteiger partial charge in [0.1, 0.15) is 0 Å². The molecular weight excluding hydrogens is 419 g/mol. The molecule has 0 aliphatic heterocycles. The summed E-state index contributed by atoms with van der Waals surface area (Å²) in [4.78, 5) is 36.0. The summed E-state index contributed by atoms with van der Waals surface area (Å²) in [5, 5.41) is 16.8. The van der Waals surface area contributed by atoms with E-state index in [0.29, 0.717) is 10.5 Å². The Morgan fingerprint density at radius 3 is 2.59 bits per heavy atom. The maximum absolute atomic E-state index is 13.4. The maximum atomic E-state index is 13.4. The minimum atomic E-state index is -1.02. The normalized spacial score (nSPS) is 11.1. The van der Waals surface area contributed by atoms with Gasteiger partial charge in [0.25, 0.3) is 5.91 Å². The summed E-state index contributed by atoms with van der Waals surface area (Å²) >= 11 is 2.81. The molecule has 0 saturated heterocycles. The number of rotatable bonds is 7. The Kier molecular flexibility index (Phi) is 6.47. The second-order valence-corrected chi connectivity index (χ2v) is 7.53. The van der Waals surface area contributed by atoms with Crippen molar-refractivity contribution in [3.8, 4) is 0 Å². The van der Waals surface area contributed by atoms with Crippen molar-refractivity contribution in [3.05, 3.63) is 78.9 Å². The minimum absolute atomic E-state index is 0.0201. The van der Waals surface area contributed by atoms with Gasteiger partial charge in [-0.15, -0.1) is 22.7 Å². The van der Waals surface area contributed by atoms with E-state index in [1.165, 1.54) is 28.7 Å². The van der Waals surface area contributed by atoms with E-state index < -0.39 is 34.9 Å². The molecule has 1 amide bonds. The van der Waals surface area contributed by atoms with E-state index >= 15 is 0 Å². The largest absolute Gasteiger partial charge is 0.452 e. The highest BCUT2D eigenvalue weighted by molar-refractivity contribution is 7.12. The van der Waals surface area contributed by atoms with E-state index in [1.807, 2.05) is 22.9 Å². The number of carbonyl (C=O) groups excluding carboxylic acids is 2. The summed E-state index contributed by atoms with van der Waals surface area (Å²) in [7, 11) is 0. The lowest BCUT2D eigenvalue weighted by Crippen LogP contribution is -2.21. The molecule has 2 heterocycles. The van der Waals surface area contributed by atoms with Crippen molar-refractivity contribution >= 4 is 57.6 Å². The molecule has 3 rings (SSSR count). The van der Waals surface area contributed by atoms with Crippen LogP contribution in [0.25, 0.3) is 11.6 Å². The Hall–Kier alpha value is -3.37. The van der Waals surface area contributed by atoms with E-state index in [9.17, 15) is 24.1 Å². The number of ether oxygens (including phenoxy) is 1. The smallest absolute Gasteiger partial charge is 0.340 e. The van der Waals surface area contributed by atoms with Crippen LogP contribution in [0.1, 0.15) is 9.75 Å². The zero-order valence-corrected chi connectivity index (χ0v) is 16.3. The van der Waals surface area contributed by atoms with Gasteiger partial charge in [-0.3, -0.25) is 14.9 Å². The van der Waals surface area contributed by atoms with Crippen LogP contribution in [-0.4, -0.2) is 23.4 Å². The number of nitrogens with zero attached hydrogens (tertiary/aromatic N) is 1. The molecule has 0 fully saturated rings. The number of anilines is 1. The average Bonchev–Trinajstić information content (AvgIpc) is 3.39. The molecular formula is C19H13FN2O5S2. The summed E-state index contributed by atoms with van der Waals surface area (Å²) in [6.07, 6.45) is 1.68. The van der Waals surface area contributed by atoms with Crippen molar-refractivity contribution in [2.24, 2.45) is 0 Å². The molecule has 148 valence electrons. The van der Waals surface area contributed by atoms with Gasteiger partial charge < -0.3 is 10.1 Å². The fourth-order valence-corrected chi connectivity index (χ4v) is 3.70. The van der Waals surface area contributed by atoms with E-state index in [1.54, 1.807) is 18.2 Å². The third-order valence-electron chi connectivity index (χ3n) is 3.60. The number of thiophene rings is 2. The summed E-state index contributed by atoms with van der Waals surface area (Å²) < 4.78 is 18.5. The van der Waals surface area contributed by atoms with E-state index in [0.717, 1.165) is 17.0 Å². The first-order valence-electron chi connectivity index (χ1n) is 8.14. The number of esters is 1. The highest BCUT2D eigenvalue weighted by Gasteiger charge is 2.18. The number of hydrogen-bond donors (Lipinski definition) is 1. The summed E-state index contributed by atoms with van der Waals surface area (Å²) in [5.74, 6) is -2.40. The number of carbonyl (C=O) groups is 2. The van der Waals surface area contributed by atoms with Crippen LogP contribution >= 0.6 is 22.7 Å². The Bertz CT molecular complexity index is 1060. The minimum Gasteiger partial charge on any atom is -0.452 e. The summed E-state index contributed by atoms with van der Waals surface area (Å²) in [6.45, 7) is -0.600. The van der Waals surface area contributed by atoms with Crippen LogP contribution in [0.3, 0.4) is 0 Å². The molecule has 0 aliphatic carbocycles. The third-order valence-corrected chi connectivity index (χ3v) is 5.32. The lowest BCUT2D eigenvalue weighted by atomic mass is 10.2. The molecule has 0 aliphatic rings. The first-order valence-corrected chi connectivity index (χ1v) is 9.90. The van der Waals surface area contributed by atoms with Gasteiger partial charge in [0.2, 0.25) is 5.82 Å². The second-order valence-electron chi connectivity index (χ2n) is 5.60. The monoisotopic (exact) mass is 432 g/mol. The molecule has 0 saturated carbocycles. The van der Waals surface area contributed by atoms with Gasteiger partial charge in [-0.05, 0) is 41.1 Å². The predicted octanol–water partition coefficient (Wildman–Crippen LogP) is 4.58. The van der Waals surface area contributed by atoms with E-state index in [2.05, 4.69) is 5.32 Å². The van der Waals surface area contributed by atoms with Crippen LogP contribution in [-0.2, 0) is 14.3 Å². The molecule has 0 bridgehead atoms. The first kappa shape index (κ1) is 20.4. The number of amides is 1. The van der Waals surface area contributed by atoms with E-state index in [4.69, 9.17) is 4.74 Å². The zero-order valence-electron chi connectivity index (χ0n) is 14.7. The SMILES string of the molecule is O=C(COC(=O)/C(=C/c1cccs1)c1cccs1)Nc1ccc(F)c([N+](=O)[O-])c1. The molecule has 0 spiro atoms. The Labute approximate surface area is 172 Å². The van der Waals surface area contributed by atoms with Crippen molar-refractivity contribution < 1.29 is 23.6 Å². The molecule has 29 heavy (non-hydrogen) atoms. The topological polar surface area (TPSA) is 98.5 Å². The summed E-state index contributed by atoms with van der Waals surface area (Å²) in [6, 6.07) is 10.2. The number of nitro benzene ring substituents is 1. The van der Waals surface area contributed by atoms with Crippen LogP contribution in [0.15, 0.2) is 53.2 Å². The van der Waals surface area contributed by atoms with Crippen molar-refractivity contribution in [2.45, 2.75) is 0 Å². The maximum Gasteiger partial charge on any atom is 0.340 e. The number of nitrogens with one attached hydrogen (secondary N) is 1. The lowest BCUT2D eigenvalue weighted by molar-refractivity contribution is -0.387. The molecule has 1 aromatic carbocycles. The number of hydrogen-bond acceptors (Lipinski definition) is 7. The Morgan fingerprint density at radius 1 is 1.17 bits per heavy atom.